The molecule has 0 spiro atoms. The maximum atomic E-state index is 12.7. The van der Waals surface area contributed by atoms with Crippen LogP contribution < -0.4 is 5.32 Å². The average Bonchev–Trinajstić information content (AvgIpc) is 3.02. The fraction of sp³-hybridized carbons (Fsp3) is 0.421. The summed E-state index contributed by atoms with van der Waals surface area (Å²) in [6.45, 7) is 0.798. The van der Waals surface area contributed by atoms with Crippen LogP contribution in [0, 0.1) is 0 Å². The predicted molar refractivity (Wildman–Crippen MR) is 93.6 cm³/mol. The molecule has 2 amide bonds. The van der Waals surface area contributed by atoms with Crippen LogP contribution in [0.3, 0.4) is 0 Å². The Kier molecular flexibility index (Phi) is 5.20. The van der Waals surface area contributed by atoms with Crippen LogP contribution in [0.5, 0.6) is 0 Å². The standard InChI is InChI=1S/C19H25N3O2/c1-21-11-5-8-16(21)14-20-19(24)22(12-13-23)18-10-4-7-15-6-2-3-9-17(15)18/h2-3,5-6,8-9,11,18,23H,4,7,10,12-14H2,1H3,(H,20,24). The average molecular weight is 327 g/mol. The summed E-state index contributed by atoms with van der Waals surface area (Å²) in [5.74, 6) is 0. The molecule has 0 radical (unpaired) electrons. The zero-order valence-corrected chi connectivity index (χ0v) is 14.1. The number of carbonyl (C=O) groups excluding carboxylic acids is 1. The van der Waals surface area contributed by atoms with Gasteiger partial charge in [0, 0.05) is 25.5 Å². The number of benzene rings is 1. The van der Waals surface area contributed by atoms with Crippen molar-refractivity contribution in [2.45, 2.75) is 31.8 Å². The second-order valence-corrected chi connectivity index (χ2v) is 6.29. The molecule has 3 rings (SSSR count). The summed E-state index contributed by atoms with van der Waals surface area (Å²) in [5, 5.41) is 12.4. The summed E-state index contributed by atoms with van der Waals surface area (Å²) in [5.41, 5.74) is 3.58. The van der Waals surface area contributed by atoms with Crippen LogP contribution in [0.2, 0.25) is 0 Å². The summed E-state index contributed by atoms with van der Waals surface area (Å²) in [6, 6.07) is 12.2. The Morgan fingerprint density at radius 2 is 2.17 bits per heavy atom. The number of aryl methyl sites for hydroxylation is 2. The molecule has 0 fully saturated rings. The second kappa shape index (κ2) is 7.53. The molecule has 0 saturated carbocycles. The van der Waals surface area contributed by atoms with Crippen LogP contribution in [0.25, 0.3) is 0 Å². The minimum Gasteiger partial charge on any atom is -0.395 e. The van der Waals surface area contributed by atoms with Crippen LogP contribution in [-0.2, 0) is 20.0 Å². The smallest absolute Gasteiger partial charge is 0.318 e. The van der Waals surface area contributed by atoms with Crippen LogP contribution in [0.4, 0.5) is 4.79 Å². The Balaban J connectivity index is 1.75. The molecule has 0 saturated heterocycles. The van der Waals surface area contributed by atoms with Crippen LogP contribution >= 0.6 is 0 Å². The topological polar surface area (TPSA) is 57.5 Å². The maximum Gasteiger partial charge on any atom is 0.318 e. The summed E-state index contributed by atoms with van der Waals surface area (Å²) >= 11 is 0. The van der Waals surface area contributed by atoms with Gasteiger partial charge in [0.2, 0.25) is 0 Å². The molecule has 1 aromatic carbocycles. The third-order valence-corrected chi connectivity index (χ3v) is 4.79. The molecule has 2 aromatic rings. The normalized spacial score (nSPS) is 16.5. The number of nitrogens with one attached hydrogen (secondary N) is 1. The Morgan fingerprint density at radius 1 is 1.33 bits per heavy atom. The van der Waals surface area contributed by atoms with Gasteiger partial charge in [-0.05, 0) is 42.5 Å². The monoisotopic (exact) mass is 327 g/mol. The number of aromatic nitrogens is 1. The predicted octanol–water partition coefficient (Wildman–Crippen LogP) is 2.61. The zero-order chi connectivity index (χ0) is 16.9. The lowest BCUT2D eigenvalue weighted by Gasteiger charge is -2.35. The SMILES string of the molecule is Cn1cccc1CNC(=O)N(CCO)C1CCCc2ccccc21. The number of hydrogen-bond donors (Lipinski definition) is 2. The van der Waals surface area contributed by atoms with E-state index in [0.29, 0.717) is 13.1 Å². The van der Waals surface area contributed by atoms with Crippen LogP contribution in [-0.4, -0.2) is 33.8 Å². The van der Waals surface area contributed by atoms with Gasteiger partial charge in [-0.1, -0.05) is 24.3 Å². The van der Waals surface area contributed by atoms with Gasteiger partial charge in [-0.3, -0.25) is 0 Å². The van der Waals surface area contributed by atoms with Gasteiger partial charge in [0.05, 0.1) is 19.2 Å². The van der Waals surface area contributed by atoms with Crippen LogP contribution in [0.15, 0.2) is 42.6 Å². The van der Waals surface area contributed by atoms with E-state index >= 15 is 0 Å². The third kappa shape index (κ3) is 3.46. The largest absolute Gasteiger partial charge is 0.395 e. The van der Waals surface area contributed by atoms with Crippen LogP contribution in [0.1, 0.15) is 35.7 Å². The highest BCUT2D eigenvalue weighted by atomic mass is 16.3. The minimum absolute atomic E-state index is 0.0315. The Labute approximate surface area is 142 Å². The molecule has 0 aliphatic heterocycles. The molecule has 128 valence electrons. The Bertz CT molecular complexity index is 695. The number of rotatable bonds is 5. The number of nitrogens with zero attached hydrogens (tertiary/aromatic N) is 2. The summed E-state index contributed by atoms with van der Waals surface area (Å²) < 4.78 is 1.99. The summed E-state index contributed by atoms with van der Waals surface area (Å²) in [7, 11) is 1.96. The lowest BCUT2D eigenvalue weighted by Crippen LogP contribution is -2.44. The Morgan fingerprint density at radius 3 is 2.92 bits per heavy atom. The van der Waals surface area contributed by atoms with Crippen molar-refractivity contribution in [3.05, 3.63) is 59.4 Å². The van der Waals surface area contributed by atoms with E-state index in [0.717, 1.165) is 25.0 Å². The first-order valence-corrected chi connectivity index (χ1v) is 8.54. The number of amides is 2. The highest BCUT2D eigenvalue weighted by Gasteiger charge is 2.28. The van der Waals surface area contributed by atoms with E-state index < -0.39 is 0 Å². The van der Waals surface area contributed by atoms with Crippen molar-refractivity contribution in [1.29, 1.82) is 0 Å². The molecule has 1 unspecified atom stereocenters. The summed E-state index contributed by atoms with van der Waals surface area (Å²) in [6.07, 6.45) is 5.03. The molecular formula is C19H25N3O2. The van der Waals surface area contributed by atoms with Gasteiger partial charge in [0.15, 0.2) is 0 Å². The van der Waals surface area contributed by atoms with E-state index in [1.165, 1.54) is 11.1 Å². The van der Waals surface area contributed by atoms with Crippen molar-refractivity contribution in [3.63, 3.8) is 0 Å². The van der Waals surface area contributed by atoms with Gasteiger partial charge >= 0.3 is 6.03 Å². The van der Waals surface area contributed by atoms with Crippen molar-refractivity contribution in [1.82, 2.24) is 14.8 Å². The number of carbonyl (C=O) groups is 1. The first-order chi connectivity index (χ1) is 11.7. The van der Waals surface area contributed by atoms with E-state index in [1.807, 2.05) is 42.1 Å². The lowest BCUT2D eigenvalue weighted by molar-refractivity contribution is 0.144. The molecule has 0 bridgehead atoms. The second-order valence-electron chi connectivity index (χ2n) is 6.29. The highest BCUT2D eigenvalue weighted by Crippen LogP contribution is 2.34. The molecule has 2 N–H and O–H groups in total. The number of aliphatic hydroxyl groups excluding tert-OH is 1. The van der Waals surface area contributed by atoms with Gasteiger partial charge in [-0.2, -0.15) is 0 Å². The molecule has 1 aliphatic carbocycles. The number of fused-ring (bicyclic) bond motifs is 1. The van der Waals surface area contributed by atoms with Crippen molar-refractivity contribution < 1.29 is 9.90 Å². The molecule has 5 heteroatoms. The fourth-order valence-electron chi connectivity index (χ4n) is 3.51. The molecule has 24 heavy (non-hydrogen) atoms. The fourth-order valence-corrected chi connectivity index (χ4v) is 3.51. The van der Waals surface area contributed by atoms with Crippen molar-refractivity contribution in [2.24, 2.45) is 7.05 Å². The van der Waals surface area contributed by atoms with E-state index in [4.69, 9.17) is 0 Å². The molecular weight excluding hydrogens is 302 g/mol. The van der Waals surface area contributed by atoms with Gasteiger partial charge in [0.25, 0.3) is 0 Å². The van der Waals surface area contributed by atoms with Crippen molar-refractivity contribution in [3.8, 4) is 0 Å². The molecule has 1 aliphatic rings. The number of aliphatic hydroxyl groups is 1. The van der Waals surface area contributed by atoms with E-state index in [1.54, 1.807) is 4.90 Å². The zero-order valence-electron chi connectivity index (χ0n) is 14.1. The molecule has 1 atom stereocenters. The first-order valence-electron chi connectivity index (χ1n) is 8.54. The summed E-state index contributed by atoms with van der Waals surface area (Å²) in [4.78, 5) is 14.5. The first kappa shape index (κ1) is 16.6. The molecule has 1 aromatic heterocycles. The molecule has 5 nitrogen and oxygen atoms in total. The highest BCUT2D eigenvalue weighted by molar-refractivity contribution is 5.75. The van der Waals surface area contributed by atoms with Crippen molar-refractivity contribution in [2.75, 3.05) is 13.2 Å². The lowest BCUT2D eigenvalue weighted by atomic mass is 9.87. The van der Waals surface area contributed by atoms with E-state index in [9.17, 15) is 9.90 Å². The number of urea groups is 1. The van der Waals surface area contributed by atoms with Gasteiger partial charge in [-0.15, -0.1) is 0 Å². The van der Waals surface area contributed by atoms with Crippen molar-refractivity contribution >= 4 is 6.03 Å². The van der Waals surface area contributed by atoms with Gasteiger partial charge < -0.3 is 19.9 Å². The quantitative estimate of drug-likeness (QED) is 0.887. The van der Waals surface area contributed by atoms with E-state index in [-0.39, 0.29) is 18.7 Å². The molecule has 1 heterocycles. The minimum atomic E-state index is -0.119. The third-order valence-electron chi connectivity index (χ3n) is 4.79. The maximum absolute atomic E-state index is 12.7. The Hall–Kier alpha value is -2.27. The number of hydrogen-bond acceptors (Lipinski definition) is 2. The van der Waals surface area contributed by atoms with Gasteiger partial charge in [0.1, 0.15) is 0 Å². The van der Waals surface area contributed by atoms with Gasteiger partial charge in [-0.25, -0.2) is 4.79 Å². The van der Waals surface area contributed by atoms with E-state index in [2.05, 4.69) is 17.4 Å².